The molecule has 1 aromatic rings. The molecule has 15 heavy (non-hydrogen) atoms. The van der Waals surface area contributed by atoms with Crippen molar-refractivity contribution in [3.05, 3.63) is 30.1 Å². The Bertz CT molecular complexity index is 331. The van der Waals surface area contributed by atoms with Crippen molar-refractivity contribution in [2.45, 2.75) is 19.3 Å². The van der Waals surface area contributed by atoms with Gasteiger partial charge in [-0.1, -0.05) is 19.9 Å². The highest BCUT2D eigenvalue weighted by molar-refractivity contribution is 5.28. The van der Waals surface area contributed by atoms with E-state index in [9.17, 15) is 0 Å². The van der Waals surface area contributed by atoms with E-state index in [2.05, 4.69) is 24.9 Å². The summed E-state index contributed by atoms with van der Waals surface area (Å²) in [6, 6.07) is 4.09. The molecule has 1 aliphatic heterocycles. The van der Waals surface area contributed by atoms with E-state index in [-0.39, 0.29) is 10.8 Å². The average molecular weight is 206 g/mol. The molecule has 2 N–H and O–H groups in total. The minimum absolute atomic E-state index is 0.0499. The molecule has 0 spiro atoms. The number of aromatic nitrogens is 1. The van der Waals surface area contributed by atoms with Gasteiger partial charge < -0.3 is 10.5 Å². The summed E-state index contributed by atoms with van der Waals surface area (Å²) in [4.78, 5) is 4.18. The molecule has 0 unspecified atom stereocenters. The van der Waals surface area contributed by atoms with Crippen molar-refractivity contribution in [3.8, 4) is 0 Å². The van der Waals surface area contributed by atoms with Crippen molar-refractivity contribution < 1.29 is 4.74 Å². The highest BCUT2D eigenvalue weighted by Crippen LogP contribution is 2.46. The fourth-order valence-corrected chi connectivity index (χ4v) is 2.10. The summed E-state index contributed by atoms with van der Waals surface area (Å²) in [5.74, 6) is 0. The molecule has 0 atom stereocenters. The van der Waals surface area contributed by atoms with Gasteiger partial charge in [0.25, 0.3) is 0 Å². The second-order valence-electron chi connectivity index (χ2n) is 4.90. The molecule has 2 heterocycles. The first-order valence-electron chi connectivity index (χ1n) is 5.31. The van der Waals surface area contributed by atoms with Crippen molar-refractivity contribution in [1.82, 2.24) is 4.98 Å². The largest absolute Gasteiger partial charge is 0.379 e. The SMILES string of the molecule is CC(C)(CN)C1(c2cccnc2)COC1. The van der Waals surface area contributed by atoms with Crippen LogP contribution in [0.25, 0.3) is 0 Å². The third kappa shape index (κ3) is 1.46. The summed E-state index contributed by atoms with van der Waals surface area (Å²) >= 11 is 0. The molecule has 0 amide bonds. The van der Waals surface area contributed by atoms with Crippen molar-refractivity contribution in [2.24, 2.45) is 11.1 Å². The van der Waals surface area contributed by atoms with Gasteiger partial charge in [-0.15, -0.1) is 0 Å². The van der Waals surface area contributed by atoms with Crippen LogP contribution in [-0.2, 0) is 10.2 Å². The number of hydrogen-bond donors (Lipinski definition) is 1. The Morgan fingerprint density at radius 1 is 1.53 bits per heavy atom. The number of nitrogens with zero attached hydrogens (tertiary/aromatic N) is 1. The predicted octanol–water partition coefficient (Wildman–Crippen LogP) is 1.33. The second-order valence-corrected chi connectivity index (χ2v) is 4.90. The Hall–Kier alpha value is -0.930. The van der Waals surface area contributed by atoms with Crippen LogP contribution in [0.3, 0.4) is 0 Å². The first-order valence-corrected chi connectivity index (χ1v) is 5.31. The molecule has 2 rings (SSSR count). The molecule has 1 aliphatic rings. The lowest BCUT2D eigenvalue weighted by Crippen LogP contribution is -2.59. The molecule has 0 saturated carbocycles. The molecular formula is C12H18N2O. The zero-order valence-electron chi connectivity index (χ0n) is 9.36. The third-order valence-electron chi connectivity index (χ3n) is 3.72. The number of rotatable bonds is 3. The Labute approximate surface area is 90.7 Å². The molecule has 1 fully saturated rings. The van der Waals surface area contributed by atoms with Crippen molar-refractivity contribution in [2.75, 3.05) is 19.8 Å². The van der Waals surface area contributed by atoms with Crippen LogP contribution < -0.4 is 5.73 Å². The van der Waals surface area contributed by atoms with Gasteiger partial charge in [0.15, 0.2) is 0 Å². The smallest absolute Gasteiger partial charge is 0.0591 e. The predicted molar refractivity (Wildman–Crippen MR) is 59.6 cm³/mol. The summed E-state index contributed by atoms with van der Waals surface area (Å²) in [6.07, 6.45) is 3.73. The van der Waals surface area contributed by atoms with Crippen LogP contribution in [0.4, 0.5) is 0 Å². The van der Waals surface area contributed by atoms with E-state index in [1.807, 2.05) is 12.3 Å². The summed E-state index contributed by atoms with van der Waals surface area (Å²) in [7, 11) is 0. The van der Waals surface area contributed by atoms with E-state index < -0.39 is 0 Å². The Morgan fingerprint density at radius 3 is 2.67 bits per heavy atom. The van der Waals surface area contributed by atoms with Gasteiger partial charge in [-0.05, 0) is 23.6 Å². The third-order valence-corrected chi connectivity index (χ3v) is 3.72. The van der Waals surface area contributed by atoms with Gasteiger partial charge in [0.2, 0.25) is 0 Å². The summed E-state index contributed by atoms with van der Waals surface area (Å²) in [6.45, 7) is 6.56. The van der Waals surface area contributed by atoms with E-state index in [0.29, 0.717) is 6.54 Å². The average Bonchev–Trinajstić information content (AvgIpc) is 2.17. The maximum atomic E-state index is 5.86. The van der Waals surface area contributed by atoms with Crippen LogP contribution in [0.15, 0.2) is 24.5 Å². The van der Waals surface area contributed by atoms with Crippen LogP contribution >= 0.6 is 0 Å². The number of hydrogen-bond acceptors (Lipinski definition) is 3. The molecule has 3 heteroatoms. The zero-order chi connectivity index (χ0) is 10.9. The first kappa shape index (κ1) is 10.6. The topological polar surface area (TPSA) is 48.1 Å². The van der Waals surface area contributed by atoms with Gasteiger partial charge in [0, 0.05) is 17.8 Å². The van der Waals surface area contributed by atoms with Gasteiger partial charge in [-0.3, -0.25) is 4.98 Å². The fourth-order valence-electron chi connectivity index (χ4n) is 2.10. The molecular weight excluding hydrogens is 188 g/mol. The lowest BCUT2D eigenvalue weighted by Gasteiger charge is -2.52. The van der Waals surface area contributed by atoms with Crippen molar-refractivity contribution in [3.63, 3.8) is 0 Å². The lowest BCUT2D eigenvalue weighted by atomic mass is 9.60. The molecule has 1 aromatic heterocycles. The Kier molecular flexibility index (Phi) is 2.52. The van der Waals surface area contributed by atoms with Gasteiger partial charge in [0.1, 0.15) is 0 Å². The normalized spacial score (nSPS) is 19.7. The fraction of sp³-hybridized carbons (Fsp3) is 0.583. The number of ether oxygens (including phenoxy) is 1. The standard InChI is InChI=1S/C12H18N2O/c1-11(2,7-13)12(8-15-9-12)10-4-3-5-14-6-10/h3-6H,7-9,13H2,1-2H3. The van der Waals surface area contributed by atoms with Gasteiger partial charge in [-0.25, -0.2) is 0 Å². The first-order chi connectivity index (χ1) is 7.12. The molecule has 0 aliphatic carbocycles. The summed E-state index contributed by atoms with van der Waals surface area (Å²) in [5.41, 5.74) is 7.21. The molecule has 1 saturated heterocycles. The molecule has 0 bridgehead atoms. The van der Waals surface area contributed by atoms with E-state index >= 15 is 0 Å². The zero-order valence-corrected chi connectivity index (χ0v) is 9.36. The Balaban J connectivity index is 2.39. The lowest BCUT2D eigenvalue weighted by molar-refractivity contribution is -0.116. The van der Waals surface area contributed by atoms with Crippen molar-refractivity contribution in [1.29, 1.82) is 0 Å². The second kappa shape index (κ2) is 3.58. The molecule has 0 radical (unpaired) electrons. The minimum atomic E-state index is 0.0499. The van der Waals surface area contributed by atoms with Crippen LogP contribution in [0, 0.1) is 5.41 Å². The number of pyridine rings is 1. The van der Waals surface area contributed by atoms with Gasteiger partial charge in [-0.2, -0.15) is 0 Å². The van der Waals surface area contributed by atoms with Crippen LogP contribution in [0.1, 0.15) is 19.4 Å². The molecule has 82 valence electrons. The van der Waals surface area contributed by atoms with Crippen LogP contribution in [0.2, 0.25) is 0 Å². The van der Waals surface area contributed by atoms with E-state index in [0.717, 1.165) is 13.2 Å². The monoisotopic (exact) mass is 206 g/mol. The van der Waals surface area contributed by atoms with E-state index in [1.165, 1.54) is 5.56 Å². The van der Waals surface area contributed by atoms with Crippen LogP contribution in [-0.4, -0.2) is 24.7 Å². The number of nitrogens with two attached hydrogens (primary N) is 1. The van der Waals surface area contributed by atoms with Gasteiger partial charge >= 0.3 is 0 Å². The Morgan fingerprint density at radius 2 is 2.27 bits per heavy atom. The maximum absolute atomic E-state index is 5.86. The highest BCUT2D eigenvalue weighted by atomic mass is 16.5. The van der Waals surface area contributed by atoms with Crippen LogP contribution in [0.5, 0.6) is 0 Å². The van der Waals surface area contributed by atoms with E-state index in [1.54, 1.807) is 6.20 Å². The maximum Gasteiger partial charge on any atom is 0.0591 e. The van der Waals surface area contributed by atoms with Crippen molar-refractivity contribution >= 4 is 0 Å². The summed E-state index contributed by atoms with van der Waals surface area (Å²) in [5, 5.41) is 0. The minimum Gasteiger partial charge on any atom is -0.379 e. The highest BCUT2D eigenvalue weighted by Gasteiger charge is 2.51. The van der Waals surface area contributed by atoms with E-state index in [4.69, 9.17) is 10.5 Å². The molecule has 0 aromatic carbocycles. The molecule has 3 nitrogen and oxygen atoms in total. The summed E-state index contributed by atoms with van der Waals surface area (Å²) < 4.78 is 5.40. The van der Waals surface area contributed by atoms with Gasteiger partial charge in [0.05, 0.1) is 13.2 Å². The quantitative estimate of drug-likeness (QED) is 0.811.